The van der Waals surface area contributed by atoms with E-state index < -0.39 is 28.6 Å². The summed E-state index contributed by atoms with van der Waals surface area (Å²) in [6.07, 6.45) is 1.51. The molecule has 0 N–H and O–H groups in total. The molecule has 0 saturated heterocycles. The van der Waals surface area contributed by atoms with Crippen molar-refractivity contribution in [2.24, 2.45) is 0 Å². The van der Waals surface area contributed by atoms with Gasteiger partial charge in [0.05, 0.1) is 13.2 Å². The molecule has 0 aliphatic carbocycles. The molecule has 156 valence electrons. The van der Waals surface area contributed by atoms with Gasteiger partial charge in [0.25, 0.3) is 0 Å². The van der Waals surface area contributed by atoms with Crippen molar-refractivity contribution in [3.05, 3.63) is 24.3 Å². The van der Waals surface area contributed by atoms with Gasteiger partial charge >= 0.3 is 11.9 Å². The van der Waals surface area contributed by atoms with Crippen LogP contribution in [0.4, 0.5) is 0 Å². The van der Waals surface area contributed by atoms with Gasteiger partial charge in [-0.1, -0.05) is 13.2 Å². The first-order valence-corrected chi connectivity index (χ1v) is 15.3. The van der Waals surface area contributed by atoms with Crippen molar-refractivity contribution < 1.29 is 33.3 Å². The molecule has 7 nitrogen and oxygen atoms in total. The fourth-order valence-electron chi connectivity index (χ4n) is 2.30. The van der Waals surface area contributed by atoms with E-state index in [1.54, 1.807) is 13.8 Å². The van der Waals surface area contributed by atoms with Crippen molar-refractivity contribution in [1.82, 2.24) is 0 Å². The van der Waals surface area contributed by atoms with Gasteiger partial charge in [0.1, 0.15) is 0 Å². The van der Waals surface area contributed by atoms with Crippen LogP contribution in [0.1, 0.15) is 26.7 Å². The van der Waals surface area contributed by atoms with Gasteiger partial charge in [0.2, 0.25) is 0 Å². The lowest BCUT2D eigenvalue weighted by molar-refractivity contribution is -0.268. The molecule has 27 heavy (non-hydrogen) atoms. The molecule has 0 rings (SSSR count). The molecule has 0 amide bonds. The van der Waals surface area contributed by atoms with Gasteiger partial charge in [-0.3, -0.25) is 9.78 Å². The van der Waals surface area contributed by atoms with Gasteiger partial charge in [-0.25, -0.2) is 9.59 Å². The lowest BCUT2D eigenvalue weighted by Crippen LogP contribution is -2.44. The van der Waals surface area contributed by atoms with Gasteiger partial charge in [-0.15, -0.1) is 0 Å². The predicted molar refractivity (Wildman–Crippen MR) is 109 cm³/mol. The standard InChI is InChI=1S/C18H34O7Si2/c1-15(2)17(19)23-21-11-9-13-26(5,6)25-27(7,8)14-10-12-22-24-18(20)16(3)4/h1,3,9-14H2,2,4-8H3. The van der Waals surface area contributed by atoms with Crippen molar-refractivity contribution in [2.75, 3.05) is 13.2 Å². The molecule has 0 unspecified atom stereocenters. The molecular formula is C18H34O7Si2. The van der Waals surface area contributed by atoms with E-state index in [1.807, 2.05) is 0 Å². The molecule has 0 fully saturated rings. The second kappa shape index (κ2) is 12.2. The number of carbonyl (C=O) groups excluding carboxylic acids is 2. The molecule has 0 radical (unpaired) electrons. The molecule has 0 aromatic carbocycles. The van der Waals surface area contributed by atoms with Crippen LogP contribution in [0.5, 0.6) is 0 Å². The molecule has 0 heterocycles. The normalized spacial score (nSPS) is 11.8. The Morgan fingerprint density at radius 1 is 0.741 bits per heavy atom. The van der Waals surface area contributed by atoms with Crippen molar-refractivity contribution in [3.63, 3.8) is 0 Å². The van der Waals surface area contributed by atoms with E-state index in [0.717, 1.165) is 24.9 Å². The summed E-state index contributed by atoms with van der Waals surface area (Å²) in [4.78, 5) is 41.5. The Bertz CT molecular complexity index is 484. The van der Waals surface area contributed by atoms with Crippen molar-refractivity contribution in [1.29, 1.82) is 0 Å². The van der Waals surface area contributed by atoms with Crippen molar-refractivity contribution in [2.45, 2.75) is 65.0 Å². The average molecular weight is 419 g/mol. The fourth-order valence-corrected chi connectivity index (χ4v) is 11.1. The summed E-state index contributed by atoms with van der Waals surface area (Å²) in [5, 5.41) is 0. The number of hydrogen-bond donors (Lipinski definition) is 0. The highest BCUT2D eigenvalue weighted by molar-refractivity contribution is 6.84. The van der Waals surface area contributed by atoms with Crippen molar-refractivity contribution >= 4 is 28.6 Å². The van der Waals surface area contributed by atoms with Crippen LogP contribution in [-0.2, 0) is 33.3 Å². The first-order valence-electron chi connectivity index (χ1n) is 9.05. The quantitative estimate of drug-likeness (QED) is 0.137. The maximum Gasteiger partial charge on any atom is 0.368 e. The number of rotatable bonds is 14. The minimum absolute atomic E-state index is 0.305. The molecule has 0 aliphatic rings. The molecular weight excluding hydrogens is 384 g/mol. The average Bonchev–Trinajstić information content (AvgIpc) is 2.52. The molecule has 0 bridgehead atoms. The van der Waals surface area contributed by atoms with Crippen LogP contribution in [0.2, 0.25) is 38.3 Å². The van der Waals surface area contributed by atoms with E-state index >= 15 is 0 Å². The SMILES string of the molecule is C=C(C)C(=O)OOCCC[Si](C)(C)O[Si](C)(C)CCCOOC(=O)C(=C)C. The smallest absolute Gasteiger partial charge is 0.368 e. The molecule has 9 heteroatoms. The second-order valence-corrected chi connectivity index (χ2v) is 16.6. The van der Waals surface area contributed by atoms with Gasteiger partial charge in [-0.2, -0.15) is 9.78 Å². The van der Waals surface area contributed by atoms with Crippen LogP contribution in [0.15, 0.2) is 24.3 Å². The Morgan fingerprint density at radius 3 is 1.37 bits per heavy atom. The molecule has 0 aromatic rings. The van der Waals surface area contributed by atoms with Crippen LogP contribution >= 0.6 is 0 Å². The third kappa shape index (κ3) is 13.5. The maximum absolute atomic E-state index is 11.2. The fraction of sp³-hybridized carbons (Fsp3) is 0.667. The van der Waals surface area contributed by atoms with E-state index in [1.165, 1.54) is 0 Å². The highest BCUT2D eigenvalue weighted by Crippen LogP contribution is 2.23. The lowest BCUT2D eigenvalue weighted by atomic mass is 10.4. The van der Waals surface area contributed by atoms with Crippen LogP contribution in [-0.4, -0.2) is 41.8 Å². The first-order chi connectivity index (χ1) is 12.4. The maximum atomic E-state index is 11.2. The Balaban J connectivity index is 4.03. The zero-order valence-electron chi connectivity index (χ0n) is 17.5. The monoisotopic (exact) mass is 418 g/mol. The van der Waals surface area contributed by atoms with E-state index in [4.69, 9.17) is 13.9 Å². The van der Waals surface area contributed by atoms with E-state index in [-0.39, 0.29) is 0 Å². The molecule has 0 spiro atoms. The Morgan fingerprint density at radius 2 is 1.07 bits per heavy atom. The van der Waals surface area contributed by atoms with Gasteiger partial charge in [0, 0.05) is 11.1 Å². The minimum Gasteiger partial charge on any atom is -0.455 e. The largest absolute Gasteiger partial charge is 0.455 e. The molecule has 0 aromatic heterocycles. The summed E-state index contributed by atoms with van der Waals surface area (Å²) in [7, 11) is -3.71. The summed E-state index contributed by atoms with van der Waals surface area (Å²) in [6.45, 7) is 19.5. The minimum atomic E-state index is -1.85. The predicted octanol–water partition coefficient (Wildman–Crippen LogP) is 4.30. The molecule has 0 saturated carbocycles. The summed E-state index contributed by atoms with van der Waals surface area (Å²) >= 11 is 0. The van der Waals surface area contributed by atoms with Gasteiger partial charge in [0.15, 0.2) is 16.6 Å². The third-order valence-electron chi connectivity index (χ3n) is 3.53. The van der Waals surface area contributed by atoms with E-state index in [0.29, 0.717) is 24.4 Å². The van der Waals surface area contributed by atoms with E-state index in [2.05, 4.69) is 49.1 Å². The van der Waals surface area contributed by atoms with Crippen LogP contribution in [0.25, 0.3) is 0 Å². The van der Waals surface area contributed by atoms with Gasteiger partial charge in [-0.05, 0) is 65.0 Å². The highest BCUT2D eigenvalue weighted by atomic mass is 28.4. The first kappa shape index (κ1) is 25.7. The molecule has 0 atom stereocenters. The zero-order chi connectivity index (χ0) is 21.1. The van der Waals surface area contributed by atoms with Crippen LogP contribution < -0.4 is 0 Å². The molecule has 0 aliphatic heterocycles. The summed E-state index contributed by atoms with van der Waals surface area (Å²) in [5.41, 5.74) is 0.610. The Hall–Kier alpha value is -1.27. The summed E-state index contributed by atoms with van der Waals surface area (Å²) < 4.78 is 6.48. The Labute approximate surface area is 164 Å². The van der Waals surface area contributed by atoms with Crippen molar-refractivity contribution in [3.8, 4) is 0 Å². The topological polar surface area (TPSA) is 80.3 Å². The third-order valence-corrected chi connectivity index (χ3v) is 11.1. The second-order valence-electron chi connectivity index (χ2n) is 7.77. The summed E-state index contributed by atoms with van der Waals surface area (Å²) in [5.74, 6) is -1.10. The highest BCUT2D eigenvalue weighted by Gasteiger charge is 2.32. The summed E-state index contributed by atoms with van der Waals surface area (Å²) in [6, 6.07) is 1.81. The lowest BCUT2D eigenvalue weighted by Gasteiger charge is -2.34. The number of hydrogen-bond acceptors (Lipinski definition) is 7. The van der Waals surface area contributed by atoms with Crippen LogP contribution in [0, 0.1) is 0 Å². The van der Waals surface area contributed by atoms with Crippen LogP contribution in [0.3, 0.4) is 0 Å². The zero-order valence-corrected chi connectivity index (χ0v) is 19.5. The Kier molecular flexibility index (Phi) is 11.7. The number of carbonyl (C=O) groups is 2. The van der Waals surface area contributed by atoms with Gasteiger partial charge < -0.3 is 4.12 Å². The van der Waals surface area contributed by atoms with E-state index in [9.17, 15) is 9.59 Å².